The first-order valence-corrected chi connectivity index (χ1v) is 4.87. The summed E-state index contributed by atoms with van der Waals surface area (Å²) in [6.45, 7) is 0. The van der Waals surface area contributed by atoms with Gasteiger partial charge in [0.15, 0.2) is 0 Å². The van der Waals surface area contributed by atoms with Crippen LogP contribution < -0.4 is 5.90 Å². The maximum Gasteiger partial charge on any atom is 0.356 e. The van der Waals surface area contributed by atoms with Crippen molar-refractivity contribution >= 4 is 23.3 Å². The molecule has 0 aliphatic carbocycles. The number of hydrogen-bond acceptors (Lipinski definition) is 7. The summed E-state index contributed by atoms with van der Waals surface area (Å²) in [4.78, 5) is 26.0. The molecule has 0 saturated heterocycles. The van der Waals surface area contributed by atoms with Gasteiger partial charge >= 0.3 is 11.9 Å². The van der Waals surface area contributed by atoms with E-state index in [2.05, 4.69) is 14.9 Å². The Bertz CT molecular complexity index is 446. The molecule has 0 aliphatic rings. The minimum atomic E-state index is -2.96. The summed E-state index contributed by atoms with van der Waals surface area (Å²) in [6, 6.07) is 5.09. The van der Waals surface area contributed by atoms with E-state index in [1.165, 1.54) is 18.2 Å². The number of rotatable bonds is 3. The molecule has 86 valence electrons. The predicted molar refractivity (Wildman–Crippen MR) is 50.4 cm³/mol. The summed E-state index contributed by atoms with van der Waals surface area (Å²) in [5.74, 6) is 2.70. The first kappa shape index (κ1) is 12.3. The molecule has 1 aromatic rings. The highest BCUT2D eigenvalue weighted by atomic mass is 32.2. The highest BCUT2D eigenvalue weighted by Gasteiger charge is 2.12. The third-order valence-electron chi connectivity index (χ3n) is 1.58. The van der Waals surface area contributed by atoms with E-state index in [-0.39, 0.29) is 11.1 Å². The minimum Gasteiger partial charge on any atom is -0.740 e. The highest BCUT2D eigenvalue weighted by molar-refractivity contribution is 7.74. The predicted octanol–water partition coefficient (Wildman–Crippen LogP) is -0.332. The molecule has 0 aromatic heterocycles. The van der Waals surface area contributed by atoms with Crippen LogP contribution in [0, 0.1) is 0 Å². The van der Waals surface area contributed by atoms with E-state index in [9.17, 15) is 18.4 Å². The van der Waals surface area contributed by atoms with Gasteiger partial charge in [-0.15, -0.1) is 0 Å². The van der Waals surface area contributed by atoms with E-state index < -0.39 is 23.3 Å². The maximum absolute atomic E-state index is 11.1. The number of hydrogen-bond donors (Lipinski definition) is 1. The molecule has 16 heavy (non-hydrogen) atoms. The SMILES string of the molecule is NOC(=O)c1cccc(C(=O)OS(=O)[O-])c1. The first-order chi connectivity index (χ1) is 7.54. The van der Waals surface area contributed by atoms with Crippen LogP contribution >= 0.6 is 0 Å². The van der Waals surface area contributed by atoms with Gasteiger partial charge in [0, 0.05) is 0 Å². The van der Waals surface area contributed by atoms with Crippen LogP contribution in [0.3, 0.4) is 0 Å². The van der Waals surface area contributed by atoms with Crippen molar-refractivity contribution in [3.63, 3.8) is 0 Å². The van der Waals surface area contributed by atoms with Gasteiger partial charge in [0.2, 0.25) is 0 Å². The van der Waals surface area contributed by atoms with Crippen molar-refractivity contribution in [1.29, 1.82) is 0 Å². The molecule has 8 heteroatoms. The lowest BCUT2D eigenvalue weighted by molar-refractivity contribution is 0.0503. The molecule has 0 spiro atoms. The topological polar surface area (TPSA) is 119 Å². The lowest BCUT2D eigenvalue weighted by atomic mass is 10.1. The summed E-state index contributed by atoms with van der Waals surface area (Å²) in [5.41, 5.74) is -0.0965. The van der Waals surface area contributed by atoms with Gasteiger partial charge in [-0.2, -0.15) is 5.90 Å². The maximum atomic E-state index is 11.1. The van der Waals surface area contributed by atoms with Crippen molar-refractivity contribution in [2.24, 2.45) is 5.90 Å². The minimum absolute atomic E-state index is 0.00799. The molecule has 7 nitrogen and oxygen atoms in total. The Hall–Kier alpha value is -1.77. The fourth-order valence-corrected chi connectivity index (χ4v) is 1.17. The fourth-order valence-electron chi connectivity index (χ4n) is 0.951. The Balaban J connectivity index is 2.94. The first-order valence-electron chi connectivity index (χ1n) is 3.87. The molecule has 0 saturated carbocycles. The zero-order valence-corrected chi connectivity index (χ0v) is 8.56. The van der Waals surface area contributed by atoms with Crippen LogP contribution in [0.4, 0.5) is 0 Å². The Morgan fingerprint density at radius 1 is 1.25 bits per heavy atom. The average Bonchev–Trinajstić information content (AvgIpc) is 2.27. The van der Waals surface area contributed by atoms with Gasteiger partial charge in [0.05, 0.1) is 11.1 Å². The lowest BCUT2D eigenvalue weighted by Gasteiger charge is -2.05. The largest absolute Gasteiger partial charge is 0.740 e. The third-order valence-corrected chi connectivity index (χ3v) is 1.87. The molecule has 0 fully saturated rings. The van der Waals surface area contributed by atoms with Gasteiger partial charge in [-0.25, -0.2) is 13.8 Å². The zero-order chi connectivity index (χ0) is 12.1. The van der Waals surface area contributed by atoms with Crippen LogP contribution in [0.1, 0.15) is 20.7 Å². The van der Waals surface area contributed by atoms with Crippen LogP contribution in [0.15, 0.2) is 24.3 Å². The third kappa shape index (κ3) is 3.12. The normalized spacial score (nSPS) is 11.6. The van der Waals surface area contributed by atoms with Crippen molar-refractivity contribution in [1.82, 2.24) is 0 Å². The summed E-state index contributed by atoms with van der Waals surface area (Å²) in [5, 5.41) is 0. The molecule has 0 bridgehead atoms. The molecular weight excluding hydrogens is 238 g/mol. The Morgan fingerprint density at radius 3 is 2.31 bits per heavy atom. The van der Waals surface area contributed by atoms with E-state index in [0.29, 0.717) is 0 Å². The molecule has 1 unspecified atom stereocenters. The fraction of sp³-hybridized carbons (Fsp3) is 0. The standard InChI is InChI=1S/C8H7NO6S/c9-14-7(10)5-2-1-3-6(4-5)8(11)15-16(12)13/h1-4H,9H2,(H,12,13)/p-1. The van der Waals surface area contributed by atoms with Gasteiger partial charge in [0.25, 0.3) is 0 Å². The van der Waals surface area contributed by atoms with E-state index in [1.54, 1.807) is 0 Å². The van der Waals surface area contributed by atoms with Crippen LogP contribution in [-0.2, 0) is 20.4 Å². The summed E-state index contributed by atoms with van der Waals surface area (Å²) in [7, 11) is 0. The molecule has 0 heterocycles. The molecule has 0 aliphatic heterocycles. The Kier molecular flexibility index (Phi) is 4.11. The van der Waals surface area contributed by atoms with E-state index in [4.69, 9.17) is 0 Å². The van der Waals surface area contributed by atoms with Gasteiger partial charge in [-0.3, -0.25) is 0 Å². The molecule has 1 aromatic carbocycles. The Labute approximate surface area is 92.6 Å². The van der Waals surface area contributed by atoms with Gasteiger partial charge < -0.3 is 13.6 Å². The molecule has 0 radical (unpaired) electrons. The van der Waals surface area contributed by atoms with Crippen LogP contribution in [0.2, 0.25) is 0 Å². The average molecular weight is 244 g/mol. The van der Waals surface area contributed by atoms with Gasteiger partial charge in [0.1, 0.15) is 11.4 Å². The number of carbonyl (C=O) groups is 2. The number of benzene rings is 1. The second-order valence-corrected chi connectivity index (χ2v) is 3.14. The molecular formula is C8H6NO6S-. The smallest absolute Gasteiger partial charge is 0.356 e. The monoisotopic (exact) mass is 244 g/mol. The van der Waals surface area contributed by atoms with E-state index in [0.717, 1.165) is 6.07 Å². The quantitative estimate of drug-likeness (QED) is 0.571. The molecule has 2 N–H and O–H groups in total. The van der Waals surface area contributed by atoms with Crippen molar-refractivity contribution in [2.75, 3.05) is 0 Å². The second kappa shape index (κ2) is 5.35. The van der Waals surface area contributed by atoms with Crippen molar-refractivity contribution < 1.29 is 27.4 Å². The molecule has 1 rings (SSSR count). The van der Waals surface area contributed by atoms with Crippen molar-refractivity contribution in [3.8, 4) is 0 Å². The second-order valence-electron chi connectivity index (χ2n) is 2.56. The van der Waals surface area contributed by atoms with Crippen LogP contribution in [-0.4, -0.2) is 20.7 Å². The van der Waals surface area contributed by atoms with E-state index >= 15 is 0 Å². The lowest BCUT2D eigenvalue weighted by Crippen LogP contribution is -2.12. The number of nitrogens with two attached hydrogens (primary N) is 1. The molecule has 0 amide bonds. The van der Waals surface area contributed by atoms with Crippen LogP contribution in [0.25, 0.3) is 0 Å². The molecule has 1 atom stereocenters. The number of carbonyl (C=O) groups excluding carboxylic acids is 2. The van der Waals surface area contributed by atoms with Crippen molar-refractivity contribution in [2.45, 2.75) is 0 Å². The van der Waals surface area contributed by atoms with Crippen molar-refractivity contribution in [3.05, 3.63) is 35.4 Å². The summed E-state index contributed by atoms with van der Waals surface area (Å²) >= 11 is -2.96. The highest BCUT2D eigenvalue weighted by Crippen LogP contribution is 2.08. The zero-order valence-electron chi connectivity index (χ0n) is 7.74. The van der Waals surface area contributed by atoms with Crippen LogP contribution in [0.5, 0.6) is 0 Å². The Morgan fingerprint density at radius 2 is 1.81 bits per heavy atom. The van der Waals surface area contributed by atoms with Gasteiger partial charge in [-0.05, 0) is 18.2 Å². The summed E-state index contributed by atoms with van der Waals surface area (Å²) in [6.07, 6.45) is 0. The summed E-state index contributed by atoms with van der Waals surface area (Å²) < 4.78 is 24.1. The van der Waals surface area contributed by atoms with Gasteiger partial charge in [-0.1, -0.05) is 6.07 Å². The van der Waals surface area contributed by atoms with E-state index in [1.807, 2.05) is 0 Å².